The van der Waals surface area contributed by atoms with Crippen molar-refractivity contribution in [1.82, 2.24) is 5.32 Å². The van der Waals surface area contributed by atoms with Crippen molar-refractivity contribution in [2.24, 2.45) is 5.92 Å². The first-order valence-electron chi connectivity index (χ1n) is 6.30. The van der Waals surface area contributed by atoms with Crippen LogP contribution in [0.3, 0.4) is 0 Å². The predicted molar refractivity (Wildman–Crippen MR) is 64.8 cm³/mol. The van der Waals surface area contributed by atoms with Crippen LogP contribution in [0.2, 0.25) is 0 Å². The monoisotopic (exact) mass is 221 g/mol. The Labute approximate surface area is 97.1 Å². The molecule has 0 amide bonds. The first kappa shape index (κ1) is 11.6. The highest BCUT2D eigenvalue weighted by atomic mass is 19.1. The zero-order chi connectivity index (χ0) is 11.4. The minimum atomic E-state index is -0.125. The normalized spacial score (nSPS) is 18.1. The highest BCUT2D eigenvalue weighted by Crippen LogP contribution is 2.37. The second-order valence-electron chi connectivity index (χ2n) is 4.68. The maximum Gasteiger partial charge on any atom is 0.123 e. The summed E-state index contributed by atoms with van der Waals surface area (Å²) in [5.74, 6) is 0.577. The van der Waals surface area contributed by atoms with Crippen molar-refractivity contribution in [3.8, 4) is 0 Å². The van der Waals surface area contributed by atoms with Gasteiger partial charge >= 0.3 is 0 Å². The van der Waals surface area contributed by atoms with Crippen molar-refractivity contribution < 1.29 is 4.39 Å². The molecule has 0 spiro atoms. The molecule has 0 radical (unpaired) electrons. The number of rotatable bonds is 5. The average Bonchev–Trinajstić information content (AvgIpc) is 2.21. The summed E-state index contributed by atoms with van der Waals surface area (Å²) in [6, 6.07) is 7.38. The summed E-state index contributed by atoms with van der Waals surface area (Å²) in [6.45, 7) is 3.17. The SMILES string of the molecule is CCCNC(c1cccc(F)c1)C1CCC1. The van der Waals surface area contributed by atoms with Crippen LogP contribution < -0.4 is 5.32 Å². The van der Waals surface area contributed by atoms with Crippen LogP contribution in [0.25, 0.3) is 0 Å². The zero-order valence-electron chi connectivity index (χ0n) is 9.88. The van der Waals surface area contributed by atoms with Crippen molar-refractivity contribution in [3.05, 3.63) is 35.6 Å². The molecule has 0 aliphatic heterocycles. The van der Waals surface area contributed by atoms with Gasteiger partial charge in [0, 0.05) is 6.04 Å². The van der Waals surface area contributed by atoms with E-state index in [-0.39, 0.29) is 5.82 Å². The van der Waals surface area contributed by atoms with Crippen molar-refractivity contribution >= 4 is 0 Å². The van der Waals surface area contributed by atoms with E-state index in [2.05, 4.69) is 12.2 Å². The maximum absolute atomic E-state index is 13.2. The van der Waals surface area contributed by atoms with E-state index in [1.54, 1.807) is 6.07 Å². The predicted octanol–water partition coefficient (Wildman–Crippen LogP) is 3.67. The van der Waals surface area contributed by atoms with Gasteiger partial charge in [0.2, 0.25) is 0 Å². The topological polar surface area (TPSA) is 12.0 Å². The first-order chi connectivity index (χ1) is 7.81. The van der Waals surface area contributed by atoms with Crippen LogP contribution in [0, 0.1) is 11.7 Å². The Balaban J connectivity index is 2.10. The largest absolute Gasteiger partial charge is 0.310 e. The lowest BCUT2D eigenvalue weighted by molar-refractivity contribution is 0.231. The van der Waals surface area contributed by atoms with Gasteiger partial charge in [-0.3, -0.25) is 0 Å². The Morgan fingerprint density at radius 1 is 1.44 bits per heavy atom. The second-order valence-corrected chi connectivity index (χ2v) is 4.68. The van der Waals surface area contributed by atoms with Gasteiger partial charge < -0.3 is 5.32 Å². The lowest BCUT2D eigenvalue weighted by Crippen LogP contribution is -2.32. The molecule has 88 valence electrons. The van der Waals surface area contributed by atoms with E-state index in [0.29, 0.717) is 12.0 Å². The van der Waals surface area contributed by atoms with Gasteiger partial charge in [-0.15, -0.1) is 0 Å². The van der Waals surface area contributed by atoms with Crippen LogP contribution >= 0.6 is 0 Å². The summed E-state index contributed by atoms with van der Waals surface area (Å²) in [4.78, 5) is 0. The summed E-state index contributed by atoms with van der Waals surface area (Å²) in [5, 5.41) is 3.55. The molecule has 1 N–H and O–H groups in total. The lowest BCUT2D eigenvalue weighted by Gasteiger charge is -2.34. The van der Waals surface area contributed by atoms with Crippen LogP contribution in [-0.4, -0.2) is 6.54 Å². The molecule has 0 aromatic heterocycles. The molecule has 1 aromatic rings. The number of benzene rings is 1. The maximum atomic E-state index is 13.2. The number of hydrogen-bond acceptors (Lipinski definition) is 1. The fourth-order valence-electron chi connectivity index (χ4n) is 2.33. The third-order valence-corrected chi connectivity index (χ3v) is 3.44. The molecular formula is C14H20FN. The van der Waals surface area contributed by atoms with Gasteiger partial charge in [0.15, 0.2) is 0 Å². The van der Waals surface area contributed by atoms with Crippen LogP contribution in [-0.2, 0) is 0 Å². The highest BCUT2D eigenvalue weighted by molar-refractivity contribution is 5.21. The molecule has 1 fully saturated rings. The summed E-state index contributed by atoms with van der Waals surface area (Å²) >= 11 is 0. The highest BCUT2D eigenvalue weighted by Gasteiger charge is 2.27. The van der Waals surface area contributed by atoms with E-state index in [4.69, 9.17) is 0 Å². The molecule has 1 aliphatic carbocycles. The average molecular weight is 221 g/mol. The molecule has 1 atom stereocenters. The van der Waals surface area contributed by atoms with Gasteiger partial charge in [0.25, 0.3) is 0 Å². The van der Waals surface area contributed by atoms with Crippen LogP contribution in [0.1, 0.15) is 44.2 Å². The molecule has 0 bridgehead atoms. The molecule has 1 aromatic carbocycles. The summed E-state index contributed by atoms with van der Waals surface area (Å²) < 4.78 is 13.2. The van der Waals surface area contributed by atoms with Gasteiger partial charge in [-0.2, -0.15) is 0 Å². The minimum Gasteiger partial charge on any atom is -0.310 e. The molecule has 0 saturated heterocycles. The number of hydrogen-bond donors (Lipinski definition) is 1. The summed E-state index contributed by atoms with van der Waals surface area (Å²) in [5.41, 5.74) is 1.11. The standard InChI is InChI=1S/C14H20FN/c1-2-9-16-14(11-5-3-6-11)12-7-4-8-13(15)10-12/h4,7-8,10-11,14,16H,2-3,5-6,9H2,1H3. The molecule has 1 nitrogen and oxygen atoms in total. The van der Waals surface area contributed by atoms with Crippen LogP contribution in [0.5, 0.6) is 0 Å². The van der Waals surface area contributed by atoms with Crippen molar-refractivity contribution in [2.45, 2.75) is 38.6 Å². The van der Waals surface area contributed by atoms with E-state index in [1.807, 2.05) is 12.1 Å². The minimum absolute atomic E-state index is 0.125. The fourth-order valence-corrected chi connectivity index (χ4v) is 2.33. The third kappa shape index (κ3) is 2.62. The summed E-state index contributed by atoms with van der Waals surface area (Å²) in [6.07, 6.45) is 5.00. The Kier molecular flexibility index (Phi) is 3.94. The Morgan fingerprint density at radius 3 is 2.81 bits per heavy atom. The van der Waals surface area contributed by atoms with Crippen molar-refractivity contribution in [2.75, 3.05) is 6.54 Å². The van der Waals surface area contributed by atoms with Gasteiger partial charge in [-0.1, -0.05) is 25.5 Å². The van der Waals surface area contributed by atoms with E-state index in [1.165, 1.54) is 25.3 Å². The molecule has 16 heavy (non-hydrogen) atoms. The summed E-state index contributed by atoms with van der Waals surface area (Å²) in [7, 11) is 0. The van der Waals surface area contributed by atoms with E-state index in [9.17, 15) is 4.39 Å². The Morgan fingerprint density at radius 2 is 2.25 bits per heavy atom. The molecular weight excluding hydrogens is 201 g/mol. The van der Waals surface area contributed by atoms with Crippen LogP contribution in [0.15, 0.2) is 24.3 Å². The number of halogens is 1. The molecule has 1 unspecified atom stereocenters. The second kappa shape index (κ2) is 5.44. The van der Waals surface area contributed by atoms with Gasteiger partial charge in [-0.25, -0.2) is 4.39 Å². The number of nitrogens with one attached hydrogen (secondary N) is 1. The zero-order valence-corrected chi connectivity index (χ0v) is 9.88. The van der Waals surface area contributed by atoms with E-state index >= 15 is 0 Å². The smallest absolute Gasteiger partial charge is 0.123 e. The lowest BCUT2D eigenvalue weighted by atomic mass is 9.77. The van der Waals surface area contributed by atoms with Crippen LogP contribution in [0.4, 0.5) is 4.39 Å². The molecule has 1 aliphatic rings. The van der Waals surface area contributed by atoms with Crippen molar-refractivity contribution in [1.29, 1.82) is 0 Å². The molecule has 1 saturated carbocycles. The molecule has 2 heteroatoms. The van der Waals surface area contributed by atoms with Crippen molar-refractivity contribution in [3.63, 3.8) is 0 Å². The Hall–Kier alpha value is -0.890. The molecule has 2 rings (SSSR count). The van der Waals surface area contributed by atoms with E-state index < -0.39 is 0 Å². The third-order valence-electron chi connectivity index (χ3n) is 3.44. The van der Waals surface area contributed by atoms with Gasteiger partial charge in [0.1, 0.15) is 5.82 Å². The van der Waals surface area contributed by atoms with Gasteiger partial charge in [0.05, 0.1) is 0 Å². The van der Waals surface area contributed by atoms with Gasteiger partial charge in [-0.05, 0) is 49.4 Å². The first-order valence-corrected chi connectivity index (χ1v) is 6.30. The molecule has 0 heterocycles. The Bertz CT molecular complexity index is 333. The van der Waals surface area contributed by atoms with E-state index in [0.717, 1.165) is 18.5 Å². The fraction of sp³-hybridized carbons (Fsp3) is 0.571. The quantitative estimate of drug-likeness (QED) is 0.800.